The summed E-state index contributed by atoms with van der Waals surface area (Å²) in [6.07, 6.45) is -0.101. The number of hydrogen-bond acceptors (Lipinski definition) is 5. The minimum Gasteiger partial charge on any atom is -0.324 e. The number of carbonyl (C=O) groups is 4. The zero-order valence-corrected chi connectivity index (χ0v) is 15.7. The molecule has 1 aromatic carbocycles. The zero-order valence-electron chi connectivity index (χ0n) is 14.9. The monoisotopic (exact) mass is 378 g/mol. The molecule has 0 saturated carbocycles. The van der Waals surface area contributed by atoms with Crippen LogP contribution in [-0.2, 0) is 14.4 Å². The van der Waals surface area contributed by atoms with Crippen molar-refractivity contribution in [2.75, 3.05) is 6.54 Å². The Morgan fingerprint density at radius 3 is 2.42 bits per heavy atom. The van der Waals surface area contributed by atoms with Crippen LogP contribution in [0.2, 0.25) is 0 Å². The first-order valence-corrected chi connectivity index (χ1v) is 9.03. The maximum Gasteiger partial charge on any atom is 0.325 e. The number of hydrazine groups is 1. The second-order valence-electron chi connectivity index (χ2n) is 6.37. The Kier molecular flexibility index (Phi) is 6.25. The van der Waals surface area contributed by atoms with Crippen molar-refractivity contribution >= 4 is 35.5 Å². The fraction of sp³-hybridized carbons (Fsp3) is 0.412. The quantitative estimate of drug-likeness (QED) is 0.389. The van der Waals surface area contributed by atoms with E-state index in [1.54, 1.807) is 20.8 Å². The molecule has 1 aliphatic heterocycles. The molecule has 2 rings (SSSR count). The molecule has 0 radical (unpaired) electrons. The van der Waals surface area contributed by atoms with Crippen molar-refractivity contribution in [3.8, 4) is 0 Å². The first-order valence-electron chi connectivity index (χ1n) is 8.15. The van der Waals surface area contributed by atoms with E-state index in [9.17, 15) is 19.2 Å². The lowest BCUT2D eigenvalue weighted by Gasteiger charge is -2.16. The van der Waals surface area contributed by atoms with Gasteiger partial charge in [-0.05, 0) is 32.9 Å². The molecule has 0 unspecified atom stereocenters. The Morgan fingerprint density at radius 1 is 1.19 bits per heavy atom. The van der Waals surface area contributed by atoms with Gasteiger partial charge in [0.15, 0.2) is 0 Å². The number of amides is 5. The van der Waals surface area contributed by atoms with E-state index in [2.05, 4.69) is 16.2 Å². The number of nitrogens with one attached hydrogen (secondary N) is 3. The first-order chi connectivity index (χ1) is 12.2. The van der Waals surface area contributed by atoms with Gasteiger partial charge in [0, 0.05) is 17.9 Å². The molecule has 0 aromatic heterocycles. The van der Waals surface area contributed by atoms with E-state index in [0.29, 0.717) is 0 Å². The number of thioether (sulfide) groups is 1. The van der Waals surface area contributed by atoms with E-state index in [1.165, 1.54) is 11.8 Å². The minimum atomic E-state index is -0.966. The largest absolute Gasteiger partial charge is 0.325 e. The number of hydrogen-bond donors (Lipinski definition) is 3. The third kappa shape index (κ3) is 4.98. The second-order valence-corrected chi connectivity index (χ2v) is 7.79. The highest BCUT2D eigenvalue weighted by Gasteiger charge is 2.43. The molecule has 1 fully saturated rings. The van der Waals surface area contributed by atoms with E-state index in [0.717, 1.165) is 9.80 Å². The molecule has 0 spiro atoms. The van der Waals surface area contributed by atoms with Crippen LogP contribution in [0.5, 0.6) is 0 Å². The van der Waals surface area contributed by atoms with Crippen LogP contribution in [0, 0.1) is 0 Å². The molecular weight excluding hydrogens is 356 g/mol. The highest BCUT2D eigenvalue weighted by atomic mass is 32.2. The number of rotatable bonds is 6. The number of imide groups is 1. The SMILES string of the molecule is C[C@@H](Sc1ccccc1)C(=O)NNC(=O)CCN1C(=O)NC(C)(C)C1=O. The molecular formula is C17H22N4O4S. The summed E-state index contributed by atoms with van der Waals surface area (Å²) in [5.74, 6) is -1.21. The second kappa shape index (κ2) is 8.22. The Hall–Kier alpha value is -2.55. The minimum absolute atomic E-state index is 0.0515. The van der Waals surface area contributed by atoms with Gasteiger partial charge in [0.2, 0.25) is 5.91 Å². The molecule has 1 saturated heterocycles. The molecule has 5 amide bonds. The van der Waals surface area contributed by atoms with Gasteiger partial charge in [-0.1, -0.05) is 18.2 Å². The van der Waals surface area contributed by atoms with Crippen molar-refractivity contribution < 1.29 is 19.2 Å². The van der Waals surface area contributed by atoms with Crippen LogP contribution in [0.4, 0.5) is 4.79 Å². The average molecular weight is 378 g/mol. The lowest BCUT2D eigenvalue weighted by atomic mass is 10.1. The van der Waals surface area contributed by atoms with Crippen LogP contribution < -0.4 is 16.2 Å². The first kappa shape index (κ1) is 19.8. The molecule has 1 atom stereocenters. The van der Waals surface area contributed by atoms with Crippen molar-refractivity contribution in [1.29, 1.82) is 0 Å². The van der Waals surface area contributed by atoms with Gasteiger partial charge in [0.1, 0.15) is 5.54 Å². The van der Waals surface area contributed by atoms with E-state index < -0.39 is 22.7 Å². The lowest BCUT2D eigenvalue weighted by Crippen LogP contribution is -2.46. The van der Waals surface area contributed by atoms with E-state index in [-0.39, 0.29) is 24.8 Å². The number of carbonyl (C=O) groups excluding carboxylic acids is 4. The molecule has 1 heterocycles. The molecule has 1 aromatic rings. The molecule has 0 aliphatic carbocycles. The van der Waals surface area contributed by atoms with Gasteiger partial charge in [-0.3, -0.25) is 30.1 Å². The van der Waals surface area contributed by atoms with Gasteiger partial charge in [-0.2, -0.15) is 0 Å². The van der Waals surface area contributed by atoms with Gasteiger partial charge in [0.25, 0.3) is 11.8 Å². The maximum absolute atomic E-state index is 12.0. The summed E-state index contributed by atoms with van der Waals surface area (Å²) in [5.41, 5.74) is 3.69. The predicted octanol–water partition coefficient (Wildman–Crippen LogP) is 1.04. The van der Waals surface area contributed by atoms with Crippen LogP contribution in [0.25, 0.3) is 0 Å². The average Bonchev–Trinajstić information content (AvgIpc) is 2.79. The van der Waals surface area contributed by atoms with E-state index in [4.69, 9.17) is 0 Å². The number of urea groups is 1. The van der Waals surface area contributed by atoms with Crippen LogP contribution in [0.15, 0.2) is 35.2 Å². The normalized spacial score (nSPS) is 16.8. The highest BCUT2D eigenvalue weighted by molar-refractivity contribution is 8.00. The fourth-order valence-electron chi connectivity index (χ4n) is 2.29. The van der Waals surface area contributed by atoms with Crippen molar-refractivity contribution in [2.24, 2.45) is 0 Å². The van der Waals surface area contributed by atoms with Crippen LogP contribution >= 0.6 is 11.8 Å². The summed E-state index contributed by atoms with van der Waals surface area (Å²) in [6.45, 7) is 4.87. The summed E-state index contributed by atoms with van der Waals surface area (Å²) in [4.78, 5) is 49.6. The van der Waals surface area contributed by atoms with Crippen molar-refractivity contribution in [2.45, 2.75) is 42.9 Å². The fourth-order valence-corrected chi connectivity index (χ4v) is 3.17. The third-order valence-electron chi connectivity index (χ3n) is 3.76. The predicted molar refractivity (Wildman–Crippen MR) is 97.0 cm³/mol. The van der Waals surface area contributed by atoms with Gasteiger partial charge in [-0.15, -0.1) is 11.8 Å². The topological polar surface area (TPSA) is 108 Å². The van der Waals surface area contributed by atoms with Crippen molar-refractivity contribution in [1.82, 2.24) is 21.1 Å². The van der Waals surface area contributed by atoms with Gasteiger partial charge in [-0.25, -0.2) is 4.79 Å². The lowest BCUT2D eigenvalue weighted by molar-refractivity contribution is -0.131. The van der Waals surface area contributed by atoms with Crippen LogP contribution in [0.1, 0.15) is 27.2 Å². The zero-order chi connectivity index (χ0) is 19.3. The van der Waals surface area contributed by atoms with Crippen LogP contribution in [0.3, 0.4) is 0 Å². The summed E-state index contributed by atoms with van der Waals surface area (Å²) >= 11 is 1.37. The molecule has 140 valence electrons. The standard InChI is InChI=1S/C17H22N4O4S/c1-11(26-12-7-5-4-6-8-12)14(23)20-19-13(22)9-10-21-15(24)17(2,3)18-16(21)25/h4-8,11H,9-10H2,1-3H3,(H,18,25)(H,19,22)(H,20,23)/t11-/m1/s1. The van der Waals surface area contributed by atoms with Crippen LogP contribution in [-0.4, -0.2) is 46.0 Å². The number of nitrogens with zero attached hydrogens (tertiary/aromatic N) is 1. The highest BCUT2D eigenvalue weighted by Crippen LogP contribution is 2.22. The smallest absolute Gasteiger partial charge is 0.324 e. The van der Waals surface area contributed by atoms with Crippen molar-refractivity contribution in [3.63, 3.8) is 0 Å². The summed E-state index contributed by atoms with van der Waals surface area (Å²) < 4.78 is 0. The molecule has 26 heavy (non-hydrogen) atoms. The third-order valence-corrected chi connectivity index (χ3v) is 4.87. The summed E-state index contributed by atoms with van der Waals surface area (Å²) in [7, 11) is 0. The van der Waals surface area contributed by atoms with Gasteiger partial charge < -0.3 is 5.32 Å². The van der Waals surface area contributed by atoms with Gasteiger partial charge in [0.05, 0.1) is 5.25 Å². The molecule has 1 aliphatic rings. The molecule has 8 nitrogen and oxygen atoms in total. The Morgan fingerprint density at radius 2 is 1.85 bits per heavy atom. The molecule has 3 N–H and O–H groups in total. The summed E-state index contributed by atoms with van der Waals surface area (Å²) in [5, 5.41) is 2.14. The van der Waals surface area contributed by atoms with E-state index in [1.807, 2.05) is 30.3 Å². The molecule has 9 heteroatoms. The molecule has 0 bridgehead atoms. The Bertz CT molecular complexity index is 708. The Balaban J connectivity index is 1.74. The number of benzene rings is 1. The van der Waals surface area contributed by atoms with Gasteiger partial charge >= 0.3 is 6.03 Å². The van der Waals surface area contributed by atoms with Crippen molar-refractivity contribution in [3.05, 3.63) is 30.3 Å². The van der Waals surface area contributed by atoms with E-state index >= 15 is 0 Å². The Labute approximate surface area is 156 Å². The summed E-state index contributed by atoms with van der Waals surface area (Å²) in [6, 6.07) is 8.92. The maximum atomic E-state index is 12.0.